The van der Waals surface area contributed by atoms with Gasteiger partial charge in [-0.1, -0.05) is 54.6 Å². The molecule has 0 radical (unpaired) electrons. The predicted octanol–water partition coefficient (Wildman–Crippen LogP) is 4.54. The Morgan fingerprint density at radius 2 is 1.43 bits per heavy atom. The average molecular weight is 301 g/mol. The van der Waals surface area contributed by atoms with Gasteiger partial charge < -0.3 is 10.1 Å². The van der Waals surface area contributed by atoms with E-state index in [4.69, 9.17) is 4.74 Å². The maximum absolute atomic E-state index is 5.30. The lowest BCUT2D eigenvalue weighted by atomic mass is 10.1. The van der Waals surface area contributed by atoms with Crippen molar-refractivity contribution < 1.29 is 4.74 Å². The number of benzene rings is 3. The van der Waals surface area contributed by atoms with Crippen LogP contribution in [0.3, 0.4) is 0 Å². The molecule has 0 saturated heterocycles. The third kappa shape index (κ3) is 2.34. The van der Waals surface area contributed by atoms with Crippen LogP contribution in [0.15, 0.2) is 66.7 Å². The van der Waals surface area contributed by atoms with E-state index >= 15 is 0 Å². The molecule has 4 heteroatoms. The molecule has 4 aromatic rings. The lowest BCUT2D eigenvalue weighted by Crippen LogP contribution is -2.00. The number of hydrogen-bond donors (Lipinski definition) is 1. The third-order valence-corrected chi connectivity index (χ3v) is 3.89. The van der Waals surface area contributed by atoms with Crippen molar-refractivity contribution >= 4 is 33.1 Å². The Morgan fingerprint density at radius 3 is 2.26 bits per heavy atom. The van der Waals surface area contributed by atoms with Crippen LogP contribution < -0.4 is 10.1 Å². The van der Waals surface area contributed by atoms with Crippen LogP contribution in [0.2, 0.25) is 0 Å². The highest BCUT2D eigenvalue weighted by Gasteiger charge is 2.10. The number of hydrogen-bond acceptors (Lipinski definition) is 4. The summed E-state index contributed by atoms with van der Waals surface area (Å²) >= 11 is 0. The third-order valence-electron chi connectivity index (χ3n) is 3.89. The Labute approximate surface area is 133 Å². The van der Waals surface area contributed by atoms with Crippen LogP contribution in [0.25, 0.3) is 21.5 Å². The standard InChI is InChI=1S/C19H15N3O/c1-23-19-16-11-5-4-10-15(16)18(21-22-19)20-17-12-6-8-13-7-2-3-9-14(13)17/h2-12H,1H3,(H,20,21). The number of rotatable bonds is 3. The average Bonchev–Trinajstić information content (AvgIpc) is 2.62. The minimum Gasteiger partial charge on any atom is -0.479 e. The summed E-state index contributed by atoms with van der Waals surface area (Å²) in [6, 6.07) is 22.4. The second kappa shape index (κ2) is 5.57. The molecule has 0 unspecified atom stereocenters. The van der Waals surface area contributed by atoms with Crippen LogP contribution in [0.5, 0.6) is 5.88 Å². The molecule has 3 aromatic carbocycles. The van der Waals surface area contributed by atoms with Gasteiger partial charge in [0.1, 0.15) is 0 Å². The fourth-order valence-corrected chi connectivity index (χ4v) is 2.78. The number of fused-ring (bicyclic) bond motifs is 2. The molecule has 0 aliphatic carbocycles. The zero-order valence-corrected chi connectivity index (χ0v) is 12.7. The number of methoxy groups -OCH3 is 1. The van der Waals surface area contributed by atoms with Gasteiger partial charge in [0, 0.05) is 21.8 Å². The smallest absolute Gasteiger partial charge is 0.241 e. The van der Waals surface area contributed by atoms with E-state index < -0.39 is 0 Å². The fraction of sp³-hybridized carbons (Fsp3) is 0.0526. The van der Waals surface area contributed by atoms with E-state index in [9.17, 15) is 0 Å². The first-order valence-electron chi connectivity index (χ1n) is 7.41. The van der Waals surface area contributed by atoms with Crippen LogP contribution >= 0.6 is 0 Å². The van der Waals surface area contributed by atoms with Gasteiger partial charge in [0.05, 0.1) is 7.11 Å². The second-order valence-corrected chi connectivity index (χ2v) is 5.26. The minimum atomic E-state index is 0.532. The normalized spacial score (nSPS) is 10.8. The predicted molar refractivity (Wildman–Crippen MR) is 93.3 cm³/mol. The topological polar surface area (TPSA) is 47.0 Å². The first kappa shape index (κ1) is 13.5. The van der Waals surface area contributed by atoms with Gasteiger partial charge in [0.15, 0.2) is 5.82 Å². The quantitative estimate of drug-likeness (QED) is 0.603. The van der Waals surface area contributed by atoms with Crippen molar-refractivity contribution in [3.63, 3.8) is 0 Å². The van der Waals surface area contributed by atoms with E-state index in [-0.39, 0.29) is 0 Å². The Morgan fingerprint density at radius 1 is 0.739 bits per heavy atom. The Kier molecular flexibility index (Phi) is 3.27. The first-order valence-corrected chi connectivity index (χ1v) is 7.41. The molecule has 112 valence electrons. The monoisotopic (exact) mass is 301 g/mol. The van der Waals surface area contributed by atoms with Crippen molar-refractivity contribution in [2.45, 2.75) is 0 Å². The van der Waals surface area contributed by atoms with Crippen LogP contribution in [-0.2, 0) is 0 Å². The summed E-state index contributed by atoms with van der Waals surface area (Å²) in [7, 11) is 1.61. The molecule has 0 aliphatic rings. The molecule has 0 aliphatic heterocycles. The van der Waals surface area contributed by atoms with Gasteiger partial charge in [-0.3, -0.25) is 0 Å². The number of nitrogens with zero attached hydrogens (tertiary/aromatic N) is 2. The molecule has 1 heterocycles. The Bertz CT molecular complexity index is 993. The maximum atomic E-state index is 5.30. The lowest BCUT2D eigenvalue weighted by Gasteiger charge is -2.12. The van der Waals surface area contributed by atoms with E-state index in [0.717, 1.165) is 27.7 Å². The highest BCUT2D eigenvalue weighted by molar-refractivity contribution is 6.00. The van der Waals surface area contributed by atoms with E-state index in [1.54, 1.807) is 7.11 Å². The molecular weight excluding hydrogens is 286 g/mol. The van der Waals surface area contributed by atoms with Crippen molar-refractivity contribution in [1.82, 2.24) is 10.2 Å². The Balaban J connectivity index is 1.87. The van der Waals surface area contributed by atoms with Crippen molar-refractivity contribution in [3.05, 3.63) is 66.7 Å². The molecule has 0 amide bonds. The molecule has 4 rings (SSSR count). The first-order chi connectivity index (χ1) is 11.4. The van der Waals surface area contributed by atoms with Crippen molar-refractivity contribution in [3.8, 4) is 5.88 Å². The number of anilines is 2. The van der Waals surface area contributed by atoms with Gasteiger partial charge in [-0.15, -0.1) is 10.2 Å². The van der Waals surface area contributed by atoms with Crippen LogP contribution in [-0.4, -0.2) is 17.3 Å². The largest absolute Gasteiger partial charge is 0.479 e. The zero-order chi connectivity index (χ0) is 15.6. The van der Waals surface area contributed by atoms with Gasteiger partial charge in [-0.05, 0) is 17.5 Å². The number of ether oxygens (including phenoxy) is 1. The van der Waals surface area contributed by atoms with Gasteiger partial charge in [0.2, 0.25) is 5.88 Å². The maximum Gasteiger partial charge on any atom is 0.241 e. The van der Waals surface area contributed by atoms with Gasteiger partial charge in [-0.25, -0.2) is 0 Å². The second-order valence-electron chi connectivity index (χ2n) is 5.26. The van der Waals surface area contributed by atoms with E-state index in [1.165, 1.54) is 5.39 Å². The molecule has 0 spiro atoms. The molecule has 4 nitrogen and oxygen atoms in total. The highest BCUT2D eigenvalue weighted by atomic mass is 16.5. The molecule has 1 N–H and O–H groups in total. The molecule has 0 saturated carbocycles. The Hall–Kier alpha value is -3.14. The molecule has 1 aromatic heterocycles. The summed E-state index contributed by atoms with van der Waals surface area (Å²) in [5.41, 5.74) is 1.01. The fourth-order valence-electron chi connectivity index (χ4n) is 2.78. The zero-order valence-electron chi connectivity index (χ0n) is 12.7. The molecule has 0 fully saturated rings. The summed E-state index contributed by atoms with van der Waals surface area (Å²) < 4.78 is 5.30. The van der Waals surface area contributed by atoms with Crippen molar-refractivity contribution in [1.29, 1.82) is 0 Å². The van der Waals surface area contributed by atoms with Crippen molar-refractivity contribution in [2.75, 3.05) is 12.4 Å². The van der Waals surface area contributed by atoms with Crippen LogP contribution in [0, 0.1) is 0 Å². The highest BCUT2D eigenvalue weighted by Crippen LogP contribution is 2.31. The molecule has 0 atom stereocenters. The number of aromatic nitrogens is 2. The van der Waals surface area contributed by atoms with Crippen molar-refractivity contribution in [2.24, 2.45) is 0 Å². The number of nitrogens with one attached hydrogen (secondary N) is 1. The van der Waals surface area contributed by atoms with Gasteiger partial charge in [0.25, 0.3) is 0 Å². The molecule has 23 heavy (non-hydrogen) atoms. The van der Waals surface area contributed by atoms with Crippen LogP contribution in [0.4, 0.5) is 11.5 Å². The van der Waals surface area contributed by atoms with E-state index in [0.29, 0.717) is 5.88 Å². The van der Waals surface area contributed by atoms with E-state index in [2.05, 4.69) is 33.7 Å². The summed E-state index contributed by atoms with van der Waals surface area (Å²) in [4.78, 5) is 0. The molecular formula is C19H15N3O. The summed E-state index contributed by atoms with van der Waals surface area (Å²) in [5.74, 6) is 1.25. The molecule has 0 bridgehead atoms. The lowest BCUT2D eigenvalue weighted by molar-refractivity contribution is 0.398. The van der Waals surface area contributed by atoms with Gasteiger partial charge in [-0.2, -0.15) is 0 Å². The summed E-state index contributed by atoms with van der Waals surface area (Å²) in [5, 5.41) is 16.1. The minimum absolute atomic E-state index is 0.532. The van der Waals surface area contributed by atoms with Crippen LogP contribution in [0.1, 0.15) is 0 Å². The SMILES string of the molecule is COc1nnc(Nc2cccc3ccccc23)c2ccccc12. The van der Waals surface area contributed by atoms with E-state index in [1.807, 2.05) is 48.5 Å². The van der Waals surface area contributed by atoms with Gasteiger partial charge >= 0.3 is 0 Å². The summed E-state index contributed by atoms with van der Waals surface area (Å²) in [6.07, 6.45) is 0. The summed E-state index contributed by atoms with van der Waals surface area (Å²) in [6.45, 7) is 0.